The van der Waals surface area contributed by atoms with Crippen molar-refractivity contribution in [3.63, 3.8) is 0 Å². The molecule has 72 valence electrons. The lowest BCUT2D eigenvalue weighted by atomic mass is 10.2. The summed E-state index contributed by atoms with van der Waals surface area (Å²) in [6, 6.07) is 4.04. The Morgan fingerprint density at radius 2 is 2.31 bits per heavy atom. The van der Waals surface area contributed by atoms with Crippen molar-refractivity contribution in [3.05, 3.63) is 29.6 Å². The SMILES string of the molecule is Cc1cccnc1CN(C)CCCl. The third kappa shape index (κ3) is 3.33. The van der Waals surface area contributed by atoms with Crippen LogP contribution in [-0.4, -0.2) is 29.4 Å². The lowest BCUT2D eigenvalue weighted by Crippen LogP contribution is -2.21. The summed E-state index contributed by atoms with van der Waals surface area (Å²) in [6.45, 7) is 3.85. The van der Waals surface area contributed by atoms with E-state index < -0.39 is 0 Å². The largest absolute Gasteiger partial charge is 0.299 e. The van der Waals surface area contributed by atoms with E-state index in [4.69, 9.17) is 11.6 Å². The molecular weight excluding hydrogens is 184 g/mol. The Hall–Kier alpha value is -0.600. The molecular formula is C10H15ClN2. The van der Waals surface area contributed by atoms with Crippen molar-refractivity contribution in [3.8, 4) is 0 Å². The van der Waals surface area contributed by atoms with Crippen LogP contribution in [0.3, 0.4) is 0 Å². The van der Waals surface area contributed by atoms with Gasteiger partial charge < -0.3 is 0 Å². The first kappa shape index (κ1) is 10.5. The number of rotatable bonds is 4. The molecule has 0 saturated carbocycles. The van der Waals surface area contributed by atoms with Crippen LogP contribution in [0.2, 0.25) is 0 Å². The number of alkyl halides is 1. The van der Waals surface area contributed by atoms with Crippen molar-refractivity contribution in [2.45, 2.75) is 13.5 Å². The molecule has 1 heterocycles. The van der Waals surface area contributed by atoms with Crippen LogP contribution in [0.15, 0.2) is 18.3 Å². The Morgan fingerprint density at radius 3 is 2.92 bits per heavy atom. The molecule has 0 fully saturated rings. The maximum absolute atomic E-state index is 5.64. The summed E-state index contributed by atoms with van der Waals surface area (Å²) in [5, 5.41) is 0. The van der Waals surface area contributed by atoms with Crippen LogP contribution in [0.25, 0.3) is 0 Å². The first-order valence-electron chi connectivity index (χ1n) is 4.39. The highest BCUT2D eigenvalue weighted by Crippen LogP contribution is 2.05. The molecule has 0 atom stereocenters. The lowest BCUT2D eigenvalue weighted by molar-refractivity contribution is 0.342. The summed E-state index contributed by atoms with van der Waals surface area (Å²) < 4.78 is 0. The number of nitrogens with zero attached hydrogens (tertiary/aromatic N) is 2. The van der Waals surface area contributed by atoms with Gasteiger partial charge in [0, 0.05) is 25.2 Å². The zero-order valence-electron chi connectivity index (χ0n) is 8.13. The van der Waals surface area contributed by atoms with Gasteiger partial charge in [0.2, 0.25) is 0 Å². The average Bonchev–Trinajstić information content (AvgIpc) is 2.09. The maximum atomic E-state index is 5.64. The Kier molecular flexibility index (Phi) is 4.19. The fourth-order valence-electron chi connectivity index (χ4n) is 1.16. The fourth-order valence-corrected chi connectivity index (χ4v) is 1.45. The highest BCUT2D eigenvalue weighted by molar-refractivity contribution is 6.18. The summed E-state index contributed by atoms with van der Waals surface area (Å²) in [4.78, 5) is 6.48. The van der Waals surface area contributed by atoms with Gasteiger partial charge in [0.05, 0.1) is 5.69 Å². The van der Waals surface area contributed by atoms with Gasteiger partial charge in [-0.2, -0.15) is 0 Å². The molecule has 0 aliphatic heterocycles. The van der Waals surface area contributed by atoms with E-state index in [9.17, 15) is 0 Å². The Bertz CT molecular complexity index is 263. The first-order valence-corrected chi connectivity index (χ1v) is 4.92. The van der Waals surface area contributed by atoms with Crippen LogP contribution in [0.4, 0.5) is 0 Å². The molecule has 0 N–H and O–H groups in total. The minimum absolute atomic E-state index is 0.669. The van der Waals surface area contributed by atoms with E-state index in [1.54, 1.807) is 0 Å². The number of halogens is 1. The van der Waals surface area contributed by atoms with Crippen LogP contribution < -0.4 is 0 Å². The van der Waals surface area contributed by atoms with Gasteiger partial charge in [0.1, 0.15) is 0 Å². The van der Waals surface area contributed by atoms with Gasteiger partial charge in [-0.1, -0.05) is 6.07 Å². The maximum Gasteiger partial charge on any atom is 0.0572 e. The molecule has 1 aromatic rings. The van der Waals surface area contributed by atoms with Crippen LogP contribution in [0, 0.1) is 6.92 Å². The lowest BCUT2D eigenvalue weighted by Gasteiger charge is -2.15. The third-order valence-electron chi connectivity index (χ3n) is 2.00. The van der Waals surface area contributed by atoms with Crippen LogP contribution in [0.5, 0.6) is 0 Å². The van der Waals surface area contributed by atoms with Gasteiger partial charge in [0.25, 0.3) is 0 Å². The van der Waals surface area contributed by atoms with Gasteiger partial charge in [-0.3, -0.25) is 9.88 Å². The Balaban J connectivity index is 2.58. The van der Waals surface area contributed by atoms with E-state index in [1.165, 1.54) is 5.56 Å². The van der Waals surface area contributed by atoms with E-state index in [0.29, 0.717) is 5.88 Å². The van der Waals surface area contributed by atoms with Crippen molar-refractivity contribution in [1.82, 2.24) is 9.88 Å². The number of hydrogen-bond donors (Lipinski definition) is 0. The number of aryl methyl sites for hydroxylation is 1. The van der Waals surface area contributed by atoms with Gasteiger partial charge in [-0.25, -0.2) is 0 Å². The molecule has 2 nitrogen and oxygen atoms in total. The third-order valence-corrected chi connectivity index (χ3v) is 2.17. The Labute approximate surface area is 84.5 Å². The predicted octanol–water partition coefficient (Wildman–Crippen LogP) is 2.06. The topological polar surface area (TPSA) is 16.1 Å². The second-order valence-corrected chi connectivity index (χ2v) is 3.57. The molecule has 0 spiro atoms. The molecule has 0 aliphatic rings. The molecule has 0 unspecified atom stereocenters. The monoisotopic (exact) mass is 198 g/mol. The van der Waals surface area contributed by atoms with E-state index in [1.807, 2.05) is 12.3 Å². The van der Waals surface area contributed by atoms with Crippen molar-refractivity contribution in [1.29, 1.82) is 0 Å². The quantitative estimate of drug-likeness (QED) is 0.689. The van der Waals surface area contributed by atoms with E-state index >= 15 is 0 Å². The van der Waals surface area contributed by atoms with Crippen molar-refractivity contribution in [2.75, 3.05) is 19.5 Å². The molecule has 0 bridgehead atoms. The Morgan fingerprint density at radius 1 is 1.54 bits per heavy atom. The molecule has 0 radical (unpaired) electrons. The standard InChI is InChI=1S/C10H15ClN2/c1-9-4-3-6-12-10(9)8-13(2)7-5-11/h3-4,6H,5,7-8H2,1-2H3. The summed E-state index contributed by atoms with van der Waals surface area (Å²) >= 11 is 5.64. The van der Waals surface area contributed by atoms with Crippen molar-refractivity contribution >= 4 is 11.6 Å². The van der Waals surface area contributed by atoms with Crippen LogP contribution in [0.1, 0.15) is 11.3 Å². The van der Waals surface area contributed by atoms with Gasteiger partial charge in [-0.15, -0.1) is 11.6 Å². The number of aromatic nitrogens is 1. The second kappa shape index (κ2) is 5.20. The summed E-state index contributed by atoms with van der Waals surface area (Å²) in [6.07, 6.45) is 1.83. The van der Waals surface area contributed by atoms with Crippen molar-refractivity contribution in [2.24, 2.45) is 0 Å². The van der Waals surface area contributed by atoms with Gasteiger partial charge in [0.15, 0.2) is 0 Å². The molecule has 0 aliphatic carbocycles. The highest BCUT2D eigenvalue weighted by Gasteiger charge is 2.02. The zero-order chi connectivity index (χ0) is 9.68. The van der Waals surface area contributed by atoms with Gasteiger partial charge in [-0.05, 0) is 25.6 Å². The number of hydrogen-bond acceptors (Lipinski definition) is 2. The molecule has 1 rings (SSSR count). The van der Waals surface area contributed by atoms with Crippen LogP contribution in [-0.2, 0) is 6.54 Å². The highest BCUT2D eigenvalue weighted by atomic mass is 35.5. The average molecular weight is 199 g/mol. The molecule has 0 aromatic carbocycles. The molecule has 0 saturated heterocycles. The normalized spacial score (nSPS) is 10.8. The van der Waals surface area contributed by atoms with Crippen LogP contribution >= 0.6 is 11.6 Å². The molecule has 1 aromatic heterocycles. The summed E-state index contributed by atoms with van der Waals surface area (Å²) in [5.74, 6) is 0.669. The fraction of sp³-hybridized carbons (Fsp3) is 0.500. The summed E-state index contributed by atoms with van der Waals surface area (Å²) in [7, 11) is 2.05. The van der Waals surface area contributed by atoms with Crippen molar-refractivity contribution < 1.29 is 0 Å². The van der Waals surface area contributed by atoms with E-state index in [-0.39, 0.29) is 0 Å². The second-order valence-electron chi connectivity index (χ2n) is 3.19. The molecule has 13 heavy (non-hydrogen) atoms. The molecule has 3 heteroatoms. The summed E-state index contributed by atoms with van der Waals surface area (Å²) in [5.41, 5.74) is 2.37. The zero-order valence-corrected chi connectivity index (χ0v) is 8.88. The smallest absolute Gasteiger partial charge is 0.0572 e. The van der Waals surface area contributed by atoms with E-state index in [2.05, 4.69) is 29.9 Å². The minimum atomic E-state index is 0.669. The molecule has 0 amide bonds. The first-order chi connectivity index (χ1) is 6.24. The predicted molar refractivity (Wildman–Crippen MR) is 56.0 cm³/mol. The minimum Gasteiger partial charge on any atom is -0.299 e. The van der Waals surface area contributed by atoms with E-state index in [0.717, 1.165) is 18.8 Å². The van der Waals surface area contributed by atoms with Gasteiger partial charge >= 0.3 is 0 Å². The number of pyridine rings is 1.